The maximum absolute atomic E-state index is 12.8. The van der Waals surface area contributed by atoms with Crippen molar-refractivity contribution >= 4 is 21.8 Å². The largest absolute Gasteiger partial charge is 0.395 e. The van der Waals surface area contributed by atoms with Crippen LogP contribution in [-0.4, -0.2) is 35.6 Å². The maximum Gasteiger partial charge on any atom is 0.255 e. The standard InChI is InChI=1S/C11H13BrFNO2/c1-2-14(5-6-15)11(16)9-4-3-8(13)7-10(9)12/h3-4,7,15H,2,5-6H2,1H3. The summed E-state index contributed by atoms with van der Waals surface area (Å²) in [5.41, 5.74) is 0.400. The van der Waals surface area contributed by atoms with Crippen molar-refractivity contribution in [3.63, 3.8) is 0 Å². The van der Waals surface area contributed by atoms with Crippen LogP contribution in [0.2, 0.25) is 0 Å². The van der Waals surface area contributed by atoms with E-state index in [1.807, 2.05) is 6.92 Å². The second-order valence-electron chi connectivity index (χ2n) is 3.23. The van der Waals surface area contributed by atoms with Crippen LogP contribution in [0.1, 0.15) is 17.3 Å². The van der Waals surface area contributed by atoms with Gasteiger partial charge in [-0.1, -0.05) is 0 Å². The number of rotatable bonds is 4. The van der Waals surface area contributed by atoms with Gasteiger partial charge in [-0.05, 0) is 41.1 Å². The average Bonchev–Trinajstić information content (AvgIpc) is 2.25. The molecule has 16 heavy (non-hydrogen) atoms. The van der Waals surface area contributed by atoms with Crippen molar-refractivity contribution < 1.29 is 14.3 Å². The van der Waals surface area contributed by atoms with Crippen LogP contribution in [0, 0.1) is 5.82 Å². The highest BCUT2D eigenvalue weighted by atomic mass is 79.9. The third-order valence-corrected chi connectivity index (χ3v) is 2.86. The molecular formula is C11H13BrFNO2. The van der Waals surface area contributed by atoms with Gasteiger partial charge in [0.2, 0.25) is 0 Å². The van der Waals surface area contributed by atoms with Gasteiger partial charge in [0.25, 0.3) is 5.91 Å². The lowest BCUT2D eigenvalue weighted by Gasteiger charge is -2.20. The van der Waals surface area contributed by atoms with Gasteiger partial charge in [0.1, 0.15) is 5.82 Å². The van der Waals surface area contributed by atoms with Crippen LogP contribution in [0.4, 0.5) is 4.39 Å². The fourth-order valence-corrected chi connectivity index (χ4v) is 1.88. The van der Waals surface area contributed by atoms with E-state index in [4.69, 9.17) is 5.11 Å². The highest BCUT2D eigenvalue weighted by molar-refractivity contribution is 9.10. The van der Waals surface area contributed by atoms with Crippen LogP contribution >= 0.6 is 15.9 Å². The fourth-order valence-electron chi connectivity index (χ4n) is 1.36. The summed E-state index contributed by atoms with van der Waals surface area (Å²) in [6.07, 6.45) is 0. The second-order valence-corrected chi connectivity index (χ2v) is 4.09. The molecule has 0 aliphatic heterocycles. The monoisotopic (exact) mass is 289 g/mol. The van der Waals surface area contributed by atoms with E-state index in [9.17, 15) is 9.18 Å². The third kappa shape index (κ3) is 3.02. The van der Waals surface area contributed by atoms with Gasteiger partial charge in [0.15, 0.2) is 0 Å². The van der Waals surface area contributed by atoms with Crippen molar-refractivity contribution in [1.29, 1.82) is 0 Å². The number of likely N-dealkylation sites (N-methyl/N-ethyl adjacent to an activating group) is 1. The highest BCUT2D eigenvalue weighted by Gasteiger charge is 2.16. The molecule has 0 unspecified atom stereocenters. The van der Waals surface area contributed by atoms with Gasteiger partial charge in [-0.3, -0.25) is 4.79 Å². The number of aliphatic hydroxyl groups is 1. The molecular weight excluding hydrogens is 277 g/mol. The molecule has 0 aliphatic rings. The van der Waals surface area contributed by atoms with Crippen LogP contribution in [0.15, 0.2) is 22.7 Å². The van der Waals surface area contributed by atoms with Gasteiger partial charge in [0, 0.05) is 17.6 Å². The van der Waals surface area contributed by atoms with Crippen LogP contribution in [0.3, 0.4) is 0 Å². The molecule has 0 fully saturated rings. The van der Waals surface area contributed by atoms with Crippen molar-refractivity contribution in [3.05, 3.63) is 34.1 Å². The number of amides is 1. The number of aliphatic hydroxyl groups excluding tert-OH is 1. The lowest BCUT2D eigenvalue weighted by Crippen LogP contribution is -2.33. The number of benzene rings is 1. The Morgan fingerprint density at radius 2 is 2.25 bits per heavy atom. The molecule has 3 nitrogen and oxygen atoms in total. The van der Waals surface area contributed by atoms with Crippen molar-refractivity contribution in [2.24, 2.45) is 0 Å². The van der Waals surface area contributed by atoms with Gasteiger partial charge < -0.3 is 10.0 Å². The van der Waals surface area contributed by atoms with Gasteiger partial charge in [-0.25, -0.2) is 4.39 Å². The van der Waals surface area contributed by atoms with E-state index in [2.05, 4.69) is 15.9 Å². The summed E-state index contributed by atoms with van der Waals surface area (Å²) in [5, 5.41) is 8.81. The molecule has 1 aromatic carbocycles. The predicted octanol–water partition coefficient (Wildman–Crippen LogP) is 2.04. The second kappa shape index (κ2) is 5.96. The van der Waals surface area contributed by atoms with Gasteiger partial charge >= 0.3 is 0 Å². The SMILES string of the molecule is CCN(CCO)C(=O)c1ccc(F)cc1Br. The Kier molecular flexibility index (Phi) is 4.89. The van der Waals surface area contributed by atoms with E-state index in [1.165, 1.54) is 23.1 Å². The summed E-state index contributed by atoms with van der Waals surface area (Å²) in [6.45, 7) is 2.52. The summed E-state index contributed by atoms with van der Waals surface area (Å²) in [7, 11) is 0. The molecule has 0 aromatic heterocycles. The number of hydrogen-bond acceptors (Lipinski definition) is 2. The third-order valence-electron chi connectivity index (χ3n) is 2.20. The molecule has 0 radical (unpaired) electrons. The van der Waals surface area contributed by atoms with Gasteiger partial charge in [0.05, 0.1) is 12.2 Å². The zero-order chi connectivity index (χ0) is 12.1. The topological polar surface area (TPSA) is 40.5 Å². The number of hydrogen-bond donors (Lipinski definition) is 1. The van der Waals surface area contributed by atoms with E-state index in [-0.39, 0.29) is 19.1 Å². The van der Waals surface area contributed by atoms with Crippen molar-refractivity contribution in [1.82, 2.24) is 4.90 Å². The zero-order valence-electron chi connectivity index (χ0n) is 8.91. The van der Waals surface area contributed by atoms with Crippen LogP contribution in [0.5, 0.6) is 0 Å². The van der Waals surface area contributed by atoms with Gasteiger partial charge in [-0.2, -0.15) is 0 Å². The summed E-state index contributed by atoms with van der Waals surface area (Å²) in [6, 6.07) is 3.92. The molecule has 0 atom stereocenters. The minimum absolute atomic E-state index is 0.0849. The molecule has 1 aromatic rings. The average molecular weight is 290 g/mol. The Morgan fingerprint density at radius 3 is 2.75 bits per heavy atom. The maximum atomic E-state index is 12.8. The minimum Gasteiger partial charge on any atom is -0.395 e. The molecule has 0 saturated heterocycles. The van der Waals surface area contributed by atoms with Crippen molar-refractivity contribution in [2.75, 3.05) is 19.7 Å². The van der Waals surface area contributed by atoms with Crippen LogP contribution < -0.4 is 0 Å². The Labute approximate surface area is 102 Å². The first-order valence-electron chi connectivity index (χ1n) is 4.95. The van der Waals surface area contributed by atoms with E-state index < -0.39 is 5.82 Å². The van der Waals surface area contributed by atoms with E-state index in [1.54, 1.807) is 0 Å². The summed E-state index contributed by atoms with van der Waals surface area (Å²) >= 11 is 3.15. The van der Waals surface area contributed by atoms with Crippen molar-refractivity contribution in [2.45, 2.75) is 6.92 Å². The summed E-state index contributed by atoms with van der Waals surface area (Å²) < 4.78 is 13.3. The Bertz CT molecular complexity index is 384. The normalized spacial score (nSPS) is 10.2. The smallest absolute Gasteiger partial charge is 0.255 e. The fraction of sp³-hybridized carbons (Fsp3) is 0.364. The Hall–Kier alpha value is -0.940. The number of carbonyl (C=O) groups is 1. The lowest BCUT2D eigenvalue weighted by molar-refractivity contribution is 0.0731. The van der Waals surface area contributed by atoms with Crippen LogP contribution in [0.25, 0.3) is 0 Å². The van der Waals surface area contributed by atoms with Gasteiger partial charge in [-0.15, -0.1) is 0 Å². The van der Waals surface area contributed by atoms with E-state index in [0.717, 1.165) is 0 Å². The number of nitrogens with zero attached hydrogens (tertiary/aromatic N) is 1. The molecule has 0 spiro atoms. The molecule has 0 aliphatic carbocycles. The summed E-state index contributed by atoms with van der Waals surface area (Å²) in [5.74, 6) is -0.614. The first-order valence-corrected chi connectivity index (χ1v) is 5.74. The van der Waals surface area contributed by atoms with Crippen molar-refractivity contribution in [3.8, 4) is 0 Å². The minimum atomic E-state index is -0.395. The predicted molar refractivity (Wildman–Crippen MR) is 62.8 cm³/mol. The van der Waals surface area contributed by atoms with E-state index >= 15 is 0 Å². The molecule has 88 valence electrons. The van der Waals surface area contributed by atoms with E-state index in [0.29, 0.717) is 16.6 Å². The molecule has 0 saturated carbocycles. The molecule has 5 heteroatoms. The Morgan fingerprint density at radius 1 is 1.56 bits per heavy atom. The quantitative estimate of drug-likeness (QED) is 0.922. The lowest BCUT2D eigenvalue weighted by atomic mass is 10.2. The molecule has 1 amide bonds. The molecule has 0 heterocycles. The number of halogens is 2. The zero-order valence-corrected chi connectivity index (χ0v) is 10.5. The first kappa shape index (κ1) is 13.1. The Balaban J connectivity index is 2.94. The molecule has 0 bridgehead atoms. The molecule has 1 N–H and O–H groups in total. The highest BCUT2D eigenvalue weighted by Crippen LogP contribution is 2.19. The first-order chi connectivity index (χ1) is 7.60. The summed E-state index contributed by atoms with van der Waals surface area (Å²) in [4.78, 5) is 13.5. The van der Waals surface area contributed by atoms with Crippen LogP contribution in [-0.2, 0) is 0 Å². The number of carbonyl (C=O) groups excluding carboxylic acids is 1. The molecule has 1 rings (SSSR count).